The third-order valence-corrected chi connectivity index (χ3v) is 6.44. The van der Waals surface area contributed by atoms with Crippen LogP contribution in [-0.2, 0) is 10.0 Å². The molecule has 7 heteroatoms. The molecule has 1 heterocycles. The van der Waals surface area contributed by atoms with E-state index in [2.05, 4.69) is 10.3 Å². The predicted octanol–water partition coefficient (Wildman–Crippen LogP) is 3.42. The fraction of sp³-hybridized carbons (Fsp3) is 0.353. The summed E-state index contributed by atoms with van der Waals surface area (Å²) in [7, 11) is -3.77. The van der Waals surface area contributed by atoms with Crippen LogP contribution in [0.5, 0.6) is 0 Å². The molecule has 1 saturated carbocycles. The minimum Gasteiger partial charge on any atom is -0.273 e. The molecule has 0 bridgehead atoms. The lowest BCUT2D eigenvalue weighted by Gasteiger charge is -2.22. The van der Waals surface area contributed by atoms with Crippen molar-refractivity contribution in [3.05, 3.63) is 52.2 Å². The van der Waals surface area contributed by atoms with Gasteiger partial charge in [0.15, 0.2) is 0 Å². The average molecular weight is 364 g/mol. The number of rotatable bonds is 5. The number of hydrogen-bond donors (Lipinski definition) is 2. The molecule has 0 spiro atoms. The Morgan fingerprint density at radius 3 is 2.38 bits per heavy atom. The molecule has 2 N–H and O–H groups in total. The van der Waals surface area contributed by atoms with E-state index in [0.29, 0.717) is 10.8 Å². The Balaban J connectivity index is 1.64. The molecule has 1 aromatic heterocycles. The smallest absolute Gasteiger partial charge is 0.273 e. The highest BCUT2D eigenvalue weighted by molar-refractivity contribution is 7.89. The number of carbonyl (C=O) groups is 1. The molecule has 0 saturated heterocycles. The Kier molecular flexibility index (Phi) is 5.33. The van der Waals surface area contributed by atoms with Gasteiger partial charge in [-0.1, -0.05) is 37.5 Å². The van der Waals surface area contributed by atoms with Gasteiger partial charge in [0.1, 0.15) is 0 Å². The molecule has 1 aliphatic rings. The summed E-state index contributed by atoms with van der Waals surface area (Å²) in [5, 5.41) is 1.76. The van der Waals surface area contributed by atoms with Gasteiger partial charge in [-0.15, -0.1) is 16.2 Å². The summed E-state index contributed by atoms with van der Waals surface area (Å²) in [6, 6.07) is 10.3. The van der Waals surface area contributed by atoms with Crippen LogP contribution >= 0.6 is 11.3 Å². The van der Waals surface area contributed by atoms with Gasteiger partial charge in [0, 0.05) is 0 Å². The van der Waals surface area contributed by atoms with Crippen molar-refractivity contribution < 1.29 is 13.2 Å². The van der Waals surface area contributed by atoms with Crippen LogP contribution < -0.4 is 10.3 Å². The van der Waals surface area contributed by atoms with E-state index in [4.69, 9.17) is 0 Å². The first-order chi connectivity index (χ1) is 11.6. The first-order valence-electron chi connectivity index (χ1n) is 8.02. The largest absolute Gasteiger partial charge is 0.276 e. The number of amides is 1. The van der Waals surface area contributed by atoms with Gasteiger partial charge >= 0.3 is 0 Å². The van der Waals surface area contributed by atoms with Crippen molar-refractivity contribution >= 4 is 27.3 Å². The van der Waals surface area contributed by atoms with Crippen LogP contribution in [0, 0.1) is 0 Å². The zero-order valence-corrected chi connectivity index (χ0v) is 14.8. The third-order valence-electron chi connectivity index (χ3n) is 4.31. The van der Waals surface area contributed by atoms with E-state index in [1.54, 1.807) is 29.6 Å². The van der Waals surface area contributed by atoms with E-state index in [1.807, 2.05) is 12.1 Å². The second-order valence-corrected chi connectivity index (χ2v) is 8.57. The summed E-state index contributed by atoms with van der Waals surface area (Å²) in [5.74, 6) is 0.0643. The summed E-state index contributed by atoms with van der Waals surface area (Å²) >= 11 is 1.25. The lowest BCUT2D eigenvalue weighted by atomic mass is 9.84. The van der Waals surface area contributed by atoms with Crippen molar-refractivity contribution in [1.29, 1.82) is 0 Å². The van der Waals surface area contributed by atoms with Crippen LogP contribution in [0.25, 0.3) is 0 Å². The van der Waals surface area contributed by atoms with E-state index in [-0.39, 0.29) is 4.90 Å². The quantitative estimate of drug-likeness (QED) is 0.798. The van der Waals surface area contributed by atoms with Gasteiger partial charge in [-0.25, -0.2) is 8.42 Å². The fourth-order valence-corrected chi connectivity index (χ4v) is 4.46. The number of nitrogens with one attached hydrogen (secondary N) is 2. The van der Waals surface area contributed by atoms with Crippen LogP contribution in [0.4, 0.5) is 0 Å². The second-order valence-electron chi connectivity index (χ2n) is 5.94. The van der Waals surface area contributed by atoms with Crippen molar-refractivity contribution in [2.75, 3.05) is 0 Å². The highest BCUT2D eigenvalue weighted by atomic mass is 32.2. The maximum Gasteiger partial charge on any atom is 0.276 e. The normalized spacial score (nSPS) is 16.0. The van der Waals surface area contributed by atoms with Crippen LogP contribution in [0.1, 0.15) is 53.3 Å². The van der Waals surface area contributed by atoms with Crippen molar-refractivity contribution in [2.45, 2.75) is 42.9 Å². The maximum atomic E-state index is 12.3. The number of thiophene rings is 1. The molecule has 0 atom stereocenters. The summed E-state index contributed by atoms with van der Waals surface area (Å²) in [4.78, 5) is 14.6. The highest BCUT2D eigenvalue weighted by Crippen LogP contribution is 2.32. The highest BCUT2D eigenvalue weighted by Gasteiger charge is 2.19. The first kappa shape index (κ1) is 17.1. The zero-order valence-electron chi connectivity index (χ0n) is 13.2. The van der Waals surface area contributed by atoms with E-state index in [1.165, 1.54) is 49.0 Å². The third kappa shape index (κ3) is 4.03. The molecule has 24 heavy (non-hydrogen) atoms. The number of carbonyl (C=O) groups excluding carboxylic acids is 1. The SMILES string of the molecule is O=C(NNS(=O)(=O)c1ccc(C2CCCCC2)cc1)c1cccs1. The molecule has 1 amide bonds. The van der Waals surface area contributed by atoms with Gasteiger partial charge < -0.3 is 0 Å². The van der Waals surface area contributed by atoms with Crippen LogP contribution in [0.2, 0.25) is 0 Å². The minimum absolute atomic E-state index is 0.147. The number of hydrazine groups is 1. The van der Waals surface area contributed by atoms with Crippen LogP contribution in [0.3, 0.4) is 0 Å². The molecular formula is C17H20N2O3S2. The molecule has 0 radical (unpaired) electrons. The van der Waals surface area contributed by atoms with Crippen molar-refractivity contribution in [2.24, 2.45) is 0 Å². The van der Waals surface area contributed by atoms with Gasteiger partial charge in [0.2, 0.25) is 0 Å². The minimum atomic E-state index is -3.77. The summed E-state index contributed by atoms with van der Waals surface area (Å²) in [5.41, 5.74) is 3.43. The Hall–Kier alpha value is -1.70. The molecule has 128 valence electrons. The standard InChI is InChI=1S/C17H20N2O3S2/c20-17(16-7-4-12-23-16)18-19-24(21,22)15-10-8-14(9-11-15)13-5-2-1-3-6-13/h4,7-13,19H,1-3,5-6H2,(H,18,20). The number of benzene rings is 1. The second kappa shape index (κ2) is 7.46. The van der Waals surface area contributed by atoms with E-state index in [0.717, 1.165) is 0 Å². The number of hydrogen-bond acceptors (Lipinski definition) is 4. The molecule has 1 aliphatic carbocycles. The van der Waals surface area contributed by atoms with Crippen molar-refractivity contribution in [3.8, 4) is 0 Å². The molecule has 5 nitrogen and oxygen atoms in total. The van der Waals surface area contributed by atoms with Gasteiger partial charge in [-0.2, -0.15) is 0 Å². The first-order valence-corrected chi connectivity index (χ1v) is 10.4. The summed E-state index contributed by atoms with van der Waals surface area (Å²) in [6.45, 7) is 0. The molecule has 2 aromatic rings. The summed E-state index contributed by atoms with van der Waals surface area (Å²) < 4.78 is 24.5. The molecule has 0 unspecified atom stereocenters. The lowest BCUT2D eigenvalue weighted by molar-refractivity contribution is 0.0949. The Bertz CT molecular complexity index is 778. The van der Waals surface area contributed by atoms with Crippen molar-refractivity contribution in [1.82, 2.24) is 10.3 Å². The molecule has 0 aliphatic heterocycles. The van der Waals surface area contributed by atoms with Crippen LogP contribution in [-0.4, -0.2) is 14.3 Å². The molecular weight excluding hydrogens is 344 g/mol. The summed E-state index contributed by atoms with van der Waals surface area (Å²) in [6.07, 6.45) is 6.10. The fourth-order valence-electron chi connectivity index (χ4n) is 3.00. The average Bonchev–Trinajstić information content (AvgIpc) is 3.15. The topological polar surface area (TPSA) is 75.3 Å². The van der Waals surface area contributed by atoms with E-state index < -0.39 is 15.9 Å². The molecule has 1 aromatic carbocycles. The number of sulfonamides is 1. The van der Waals surface area contributed by atoms with Gasteiger partial charge in [-0.05, 0) is 47.9 Å². The van der Waals surface area contributed by atoms with Gasteiger partial charge in [0.25, 0.3) is 15.9 Å². The maximum absolute atomic E-state index is 12.3. The van der Waals surface area contributed by atoms with E-state index >= 15 is 0 Å². The predicted molar refractivity (Wildman–Crippen MR) is 94.4 cm³/mol. The van der Waals surface area contributed by atoms with Gasteiger partial charge in [0.05, 0.1) is 9.77 Å². The Labute approximate surface area is 146 Å². The van der Waals surface area contributed by atoms with Crippen molar-refractivity contribution in [3.63, 3.8) is 0 Å². The molecule has 3 rings (SSSR count). The molecule has 1 fully saturated rings. The zero-order chi connectivity index (χ0) is 17.0. The van der Waals surface area contributed by atoms with Crippen LogP contribution in [0.15, 0.2) is 46.7 Å². The lowest BCUT2D eigenvalue weighted by Crippen LogP contribution is -2.41. The van der Waals surface area contributed by atoms with E-state index in [9.17, 15) is 13.2 Å². The Morgan fingerprint density at radius 1 is 1.04 bits per heavy atom. The monoisotopic (exact) mass is 364 g/mol. The Morgan fingerprint density at radius 2 is 1.75 bits per heavy atom. The van der Waals surface area contributed by atoms with Gasteiger partial charge in [-0.3, -0.25) is 10.2 Å².